The van der Waals surface area contributed by atoms with Crippen LogP contribution in [0, 0.1) is 0 Å². The number of nitrogen functional groups attached to an aromatic ring is 1. The van der Waals surface area contributed by atoms with E-state index in [9.17, 15) is 4.79 Å². The Balaban J connectivity index is 1.29. The summed E-state index contributed by atoms with van der Waals surface area (Å²) in [6.45, 7) is 0. The maximum absolute atomic E-state index is 13.2. The molecule has 7 heteroatoms. The van der Waals surface area contributed by atoms with E-state index in [1.807, 2.05) is 55.6 Å². The third kappa shape index (κ3) is 3.39. The van der Waals surface area contributed by atoms with Gasteiger partial charge in [0.2, 0.25) is 5.91 Å². The van der Waals surface area contributed by atoms with Crippen LogP contribution < -0.4 is 15.8 Å². The molecule has 2 aromatic heterocycles. The number of nitrogens with zero attached hydrogens (tertiary/aromatic N) is 3. The Morgan fingerprint density at radius 1 is 1.15 bits per heavy atom. The van der Waals surface area contributed by atoms with Crippen molar-refractivity contribution < 1.29 is 9.53 Å². The van der Waals surface area contributed by atoms with Crippen molar-refractivity contribution in [3.63, 3.8) is 0 Å². The molecule has 34 heavy (non-hydrogen) atoms. The number of aryl methyl sites for hydroxylation is 1. The normalized spacial score (nSPS) is 16.4. The molecule has 6 rings (SSSR count). The first-order valence-corrected chi connectivity index (χ1v) is 11.7. The highest BCUT2D eigenvalue weighted by atomic mass is 16.5. The molecule has 2 aliphatic rings. The van der Waals surface area contributed by atoms with E-state index >= 15 is 0 Å². The second kappa shape index (κ2) is 7.58. The molecular weight excluding hydrogens is 426 g/mol. The zero-order chi connectivity index (χ0) is 23.4. The molecule has 1 amide bonds. The Bertz CT molecular complexity index is 1420. The second-order valence-corrected chi connectivity index (χ2v) is 9.42. The van der Waals surface area contributed by atoms with Crippen LogP contribution in [-0.4, -0.2) is 27.8 Å². The van der Waals surface area contributed by atoms with E-state index in [1.54, 1.807) is 11.8 Å². The lowest BCUT2D eigenvalue weighted by Crippen LogP contribution is -2.27. The van der Waals surface area contributed by atoms with Gasteiger partial charge >= 0.3 is 0 Å². The first-order chi connectivity index (χ1) is 16.5. The molecule has 4 aromatic rings. The number of aromatic nitrogens is 3. The second-order valence-electron chi connectivity index (χ2n) is 9.42. The van der Waals surface area contributed by atoms with Gasteiger partial charge in [-0.05, 0) is 72.7 Å². The number of carbonyl (C=O) groups excluding carboxylic acids is 1. The SMILES string of the molecule is COc1cccc(C2(C(=O)Nc3ccc(-c4cc(C5CC5)nc5c4c(N)nn5C)cc3)CC2)c1. The number of nitrogens with two attached hydrogens (primary N) is 1. The number of hydrogen-bond acceptors (Lipinski definition) is 5. The molecular formula is C27H27N5O2. The molecule has 3 N–H and O–H groups in total. The van der Waals surface area contributed by atoms with Crippen LogP contribution in [0.1, 0.15) is 42.9 Å². The van der Waals surface area contributed by atoms with Crippen LogP contribution in [0.4, 0.5) is 11.5 Å². The maximum Gasteiger partial charge on any atom is 0.235 e. The summed E-state index contributed by atoms with van der Waals surface area (Å²) in [5.41, 5.74) is 11.5. The standard InChI is InChI=1S/C27H27N5O2/c1-32-25-23(24(28)31-32)21(15-22(30-25)17-6-7-17)16-8-10-19(11-9-16)29-26(33)27(12-13-27)18-4-3-5-20(14-18)34-2/h3-5,8-11,14-15,17H,6-7,12-13H2,1-2H3,(H2,28,31)(H,29,33). The molecule has 0 atom stereocenters. The quantitative estimate of drug-likeness (QED) is 0.438. The third-order valence-corrected chi connectivity index (χ3v) is 7.10. The predicted octanol–water partition coefficient (Wildman–Crippen LogP) is 4.77. The number of pyridine rings is 1. The number of amides is 1. The summed E-state index contributed by atoms with van der Waals surface area (Å²) in [5.74, 6) is 1.79. The number of fused-ring (bicyclic) bond motifs is 1. The van der Waals surface area contributed by atoms with Crippen molar-refractivity contribution in [3.8, 4) is 16.9 Å². The zero-order valence-electron chi connectivity index (χ0n) is 19.3. The number of hydrogen-bond donors (Lipinski definition) is 2. The number of nitrogens with one attached hydrogen (secondary N) is 1. The van der Waals surface area contributed by atoms with Crippen molar-refractivity contribution in [2.45, 2.75) is 37.0 Å². The number of methoxy groups -OCH3 is 1. The smallest absolute Gasteiger partial charge is 0.235 e. The Morgan fingerprint density at radius 2 is 1.91 bits per heavy atom. The van der Waals surface area contributed by atoms with Crippen molar-refractivity contribution in [1.82, 2.24) is 14.8 Å². The van der Waals surface area contributed by atoms with Gasteiger partial charge in [0.25, 0.3) is 0 Å². The summed E-state index contributed by atoms with van der Waals surface area (Å²) in [7, 11) is 3.52. The first kappa shape index (κ1) is 20.7. The van der Waals surface area contributed by atoms with Crippen LogP contribution in [0.25, 0.3) is 22.2 Å². The van der Waals surface area contributed by atoms with Gasteiger partial charge in [0.05, 0.1) is 17.9 Å². The topological polar surface area (TPSA) is 95.1 Å². The van der Waals surface area contributed by atoms with Gasteiger partial charge in [-0.2, -0.15) is 5.10 Å². The van der Waals surface area contributed by atoms with Crippen LogP contribution in [-0.2, 0) is 17.3 Å². The minimum atomic E-state index is -0.478. The van der Waals surface area contributed by atoms with E-state index in [-0.39, 0.29) is 5.91 Å². The third-order valence-electron chi connectivity index (χ3n) is 7.10. The van der Waals surface area contributed by atoms with E-state index in [0.29, 0.717) is 11.7 Å². The largest absolute Gasteiger partial charge is 0.497 e. The monoisotopic (exact) mass is 453 g/mol. The lowest BCUT2D eigenvalue weighted by Gasteiger charge is -2.17. The molecule has 0 unspecified atom stereocenters. The molecule has 0 bridgehead atoms. The van der Waals surface area contributed by atoms with Crippen molar-refractivity contribution in [3.05, 3.63) is 65.9 Å². The number of benzene rings is 2. The number of ether oxygens (including phenoxy) is 1. The lowest BCUT2D eigenvalue weighted by atomic mass is 9.94. The summed E-state index contributed by atoms with van der Waals surface area (Å²) in [6, 6.07) is 17.9. The van der Waals surface area contributed by atoms with Gasteiger partial charge < -0.3 is 15.8 Å². The molecule has 2 saturated carbocycles. The lowest BCUT2D eigenvalue weighted by molar-refractivity contribution is -0.118. The van der Waals surface area contributed by atoms with Gasteiger partial charge in [0.15, 0.2) is 11.5 Å². The maximum atomic E-state index is 13.2. The summed E-state index contributed by atoms with van der Waals surface area (Å²) >= 11 is 0. The van der Waals surface area contributed by atoms with Crippen molar-refractivity contribution in [2.24, 2.45) is 7.05 Å². The van der Waals surface area contributed by atoms with Gasteiger partial charge in [-0.15, -0.1) is 0 Å². The molecule has 7 nitrogen and oxygen atoms in total. The first-order valence-electron chi connectivity index (χ1n) is 11.7. The molecule has 2 heterocycles. The van der Waals surface area contributed by atoms with Gasteiger partial charge in [-0.1, -0.05) is 24.3 Å². The van der Waals surface area contributed by atoms with Crippen LogP contribution in [0.5, 0.6) is 5.75 Å². The molecule has 0 radical (unpaired) electrons. The van der Waals surface area contributed by atoms with Crippen molar-refractivity contribution in [2.75, 3.05) is 18.2 Å². The average molecular weight is 454 g/mol. The van der Waals surface area contributed by atoms with Crippen molar-refractivity contribution in [1.29, 1.82) is 0 Å². The fraction of sp³-hybridized carbons (Fsp3) is 0.296. The van der Waals surface area contributed by atoms with Gasteiger partial charge in [0, 0.05) is 24.3 Å². The van der Waals surface area contributed by atoms with E-state index in [0.717, 1.165) is 57.7 Å². The zero-order valence-corrected chi connectivity index (χ0v) is 19.3. The Morgan fingerprint density at radius 3 is 2.59 bits per heavy atom. The minimum Gasteiger partial charge on any atom is -0.497 e. The molecule has 2 aliphatic carbocycles. The summed E-state index contributed by atoms with van der Waals surface area (Å²) < 4.78 is 7.10. The summed E-state index contributed by atoms with van der Waals surface area (Å²) in [6.07, 6.45) is 4.02. The van der Waals surface area contributed by atoms with Gasteiger partial charge in [-0.25, -0.2) is 9.67 Å². The van der Waals surface area contributed by atoms with E-state index in [1.165, 1.54) is 12.8 Å². The number of carbonyl (C=O) groups is 1. The van der Waals surface area contributed by atoms with Crippen LogP contribution >= 0.6 is 0 Å². The van der Waals surface area contributed by atoms with Gasteiger partial charge in [-0.3, -0.25) is 4.79 Å². The fourth-order valence-corrected chi connectivity index (χ4v) is 4.79. The predicted molar refractivity (Wildman–Crippen MR) is 133 cm³/mol. The van der Waals surface area contributed by atoms with Crippen LogP contribution in [0.3, 0.4) is 0 Å². The molecule has 2 aromatic carbocycles. The van der Waals surface area contributed by atoms with E-state index in [4.69, 9.17) is 15.5 Å². The van der Waals surface area contributed by atoms with Gasteiger partial charge in [0.1, 0.15) is 5.75 Å². The van der Waals surface area contributed by atoms with E-state index in [2.05, 4.69) is 16.5 Å². The molecule has 2 fully saturated rings. The highest BCUT2D eigenvalue weighted by Gasteiger charge is 2.51. The van der Waals surface area contributed by atoms with Crippen molar-refractivity contribution >= 4 is 28.4 Å². The average Bonchev–Trinajstić information content (AvgIpc) is 3.77. The Labute approximate surface area is 197 Å². The Kier molecular flexibility index (Phi) is 4.62. The molecule has 0 spiro atoms. The van der Waals surface area contributed by atoms with E-state index < -0.39 is 5.41 Å². The highest BCUT2D eigenvalue weighted by Crippen LogP contribution is 2.49. The number of anilines is 2. The fourth-order valence-electron chi connectivity index (χ4n) is 4.79. The Hall–Kier alpha value is -3.87. The van der Waals surface area contributed by atoms with Crippen LogP contribution in [0.2, 0.25) is 0 Å². The molecule has 0 aliphatic heterocycles. The highest BCUT2D eigenvalue weighted by molar-refractivity contribution is 6.03. The number of rotatable bonds is 6. The summed E-state index contributed by atoms with van der Waals surface area (Å²) in [5, 5.41) is 8.39. The summed E-state index contributed by atoms with van der Waals surface area (Å²) in [4.78, 5) is 18.0. The molecule has 0 saturated heterocycles. The minimum absolute atomic E-state index is 0.0207. The van der Waals surface area contributed by atoms with Crippen LogP contribution in [0.15, 0.2) is 54.6 Å². The molecule has 172 valence electrons.